The number of pyridine rings is 1. The van der Waals surface area contributed by atoms with Crippen LogP contribution in [0.4, 0.5) is 0 Å². The van der Waals surface area contributed by atoms with Gasteiger partial charge in [-0.25, -0.2) is 14.6 Å². The molecule has 0 unspecified atom stereocenters. The first kappa shape index (κ1) is 18.8. The fourth-order valence-corrected chi connectivity index (χ4v) is 2.75. The van der Waals surface area contributed by atoms with Crippen molar-refractivity contribution >= 4 is 27.0 Å². The van der Waals surface area contributed by atoms with Gasteiger partial charge in [0.05, 0.1) is 13.2 Å². The summed E-state index contributed by atoms with van der Waals surface area (Å²) in [6.07, 6.45) is 4.31. The molecular weight excluding hydrogens is 380 g/mol. The molecule has 132 valence electrons. The SMILES string of the molecule is CCCCBr.O=c1oc(=O)n(CCC2OCCO2)c2ncccc12. The van der Waals surface area contributed by atoms with Crippen LogP contribution in [0.3, 0.4) is 0 Å². The fourth-order valence-electron chi connectivity index (χ4n) is 2.19. The van der Waals surface area contributed by atoms with Crippen molar-refractivity contribution in [3.63, 3.8) is 0 Å². The molecule has 2 aromatic rings. The van der Waals surface area contributed by atoms with Crippen molar-refractivity contribution in [1.82, 2.24) is 9.55 Å². The minimum absolute atomic E-state index is 0.287. The van der Waals surface area contributed by atoms with E-state index in [9.17, 15) is 9.59 Å². The molecule has 0 aromatic carbocycles. The standard InChI is InChI=1S/C12H12N2O5.C4H9Br/c15-11-8-2-1-4-13-10(8)14(12(16)19-11)5-3-9-17-6-7-18-9;1-2-3-4-5/h1-2,4,9H,3,5-7H2;2-4H2,1H3. The molecule has 0 radical (unpaired) electrons. The number of rotatable bonds is 5. The lowest BCUT2D eigenvalue weighted by Crippen LogP contribution is -2.27. The smallest absolute Gasteiger partial charge is 0.372 e. The molecule has 1 fully saturated rings. The van der Waals surface area contributed by atoms with Gasteiger partial charge in [-0.05, 0) is 18.6 Å². The van der Waals surface area contributed by atoms with E-state index < -0.39 is 11.4 Å². The minimum atomic E-state index is -0.714. The molecule has 7 nitrogen and oxygen atoms in total. The number of unbranched alkanes of at least 4 members (excludes halogenated alkanes) is 1. The van der Waals surface area contributed by atoms with Gasteiger partial charge < -0.3 is 13.9 Å². The highest BCUT2D eigenvalue weighted by molar-refractivity contribution is 9.09. The van der Waals surface area contributed by atoms with Crippen molar-refractivity contribution in [3.05, 3.63) is 39.3 Å². The van der Waals surface area contributed by atoms with E-state index >= 15 is 0 Å². The fraction of sp³-hybridized carbons (Fsp3) is 0.562. The van der Waals surface area contributed by atoms with E-state index in [1.54, 1.807) is 12.1 Å². The van der Waals surface area contributed by atoms with Gasteiger partial charge in [0.2, 0.25) is 0 Å². The number of aromatic nitrogens is 2. The van der Waals surface area contributed by atoms with E-state index in [0.717, 1.165) is 5.33 Å². The quantitative estimate of drug-likeness (QED) is 0.715. The Morgan fingerprint density at radius 2 is 2.08 bits per heavy atom. The maximum Gasteiger partial charge on any atom is 0.423 e. The number of hydrogen-bond acceptors (Lipinski definition) is 6. The Kier molecular flexibility index (Phi) is 7.61. The summed E-state index contributed by atoms with van der Waals surface area (Å²) < 4.78 is 16.6. The molecular formula is C16H21BrN2O5. The monoisotopic (exact) mass is 400 g/mol. The zero-order valence-corrected chi connectivity index (χ0v) is 15.2. The molecule has 1 aliphatic heterocycles. The average molecular weight is 401 g/mol. The molecule has 0 spiro atoms. The van der Waals surface area contributed by atoms with E-state index in [4.69, 9.17) is 9.47 Å². The summed E-state index contributed by atoms with van der Waals surface area (Å²) in [7, 11) is 0. The van der Waals surface area contributed by atoms with Gasteiger partial charge in [-0.1, -0.05) is 29.3 Å². The Morgan fingerprint density at radius 3 is 2.71 bits per heavy atom. The Bertz CT molecular complexity index is 750. The summed E-state index contributed by atoms with van der Waals surface area (Å²) in [4.78, 5) is 27.3. The lowest BCUT2D eigenvalue weighted by Gasteiger charge is -2.10. The number of nitrogens with zero attached hydrogens (tertiary/aromatic N) is 2. The normalized spacial score (nSPS) is 14.6. The maximum atomic E-state index is 11.7. The Labute approximate surface area is 147 Å². The Morgan fingerprint density at radius 1 is 1.33 bits per heavy atom. The summed E-state index contributed by atoms with van der Waals surface area (Å²) >= 11 is 3.31. The van der Waals surface area contributed by atoms with Crippen LogP contribution >= 0.6 is 15.9 Å². The molecule has 0 saturated carbocycles. The average Bonchev–Trinajstić information content (AvgIpc) is 3.09. The van der Waals surface area contributed by atoms with E-state index in [2.05, 4.69) is 32.3 Å². The highest BCUT2D eigenvalue weighted by atomic mass is 79.9. The second-order valence-corrected chi connectivity index (χ2v) is 5.98. The molecule has 0 atom stereocenters. The van der Waals surface area contributed by atoms with E-state index in [1.807, 2.05) is 0 Å². The Balaban J connectivity index is 0.000000368. The lowest BCUT2D eigenvalue weighted by molar-refractivity contribution is -0.0492. The molecule has 8 heteroatoms. The molecule has 0 amide bonds. The van der Waals surface area contributed by atoms with Crippen LogP contribution in [0.1, 0.15) is 26.2 Å². The first-order valence-electron chi connectivity index (χ1n) is 7.95. The molecule has 3 heterocycles. The van der Waals surface area contributed by atoms with Crippen molar-refractivity contribution in [2.45, 2.75) is 39.0 Å². The second-order valence-electron chi connectivity index (χ2n) is 5.18. The molecule has 24 heavy (non-hydrogen) atoms. The van der Waals surface area contributed by atoms with Crippen LogP contribution in [-0.2, 0) is 16.0 Å². The lowest BCUT2D eigenvalue weighted by atomic mass is 10.3. The number of ether oxygens (including phenoxy) is 2. The zero-order valence-electron chi connectivity index (χ0n) is 13.6. The van der Waals surface area contributed by atoms with Gasteiger partial charge in [0.15, 0.2) is 11.9 Å². The highest BCUT2D eigenvalue weighted by Gasteiger charge is 2.17. The van der Waals surface area contributed by atoms with Crippen LogP contribution in [-0.4, -0.2) is 34.4 Å². The van der Waals surface area contributed by atoms with Gasteiger partial charge in [-0.2, -0.15) is 0 Å². The summed E-state index contributed by atoms with van der Waals surface area (Å²) in [6, 6.07) is 3.20. The number of aryl methyl sites for hydroxylation is 1. The van der Waals surface area contributed by atoms with Crippen molar-refractivity contribution in [2.75, 3.05) is 18.5 Å². The van der Waals surface area contributed by atoms with Gasteiger partial charge >= 0.3 is 11.4 Å². The van der Waals surface area contributed by atoms with Crippen LogP contribution in [0.15, 0.2) is 32.3 Å². The number of alkyl halides is 1. The maximum absolute atomic E-state index is 11.7. The Hall–Kier alpha value is -1.51. The predicted octanol–water partition coefficient (Wildman–Crippen LogP) is 2.29. The summed E-state index contributed by atoms with van der Waals surface area (Å²) in [6.45, 7) is 3.62. The summed E-state index contributed by atoms with van der Waals surface area (Å²) in [5.74, 6) is -0.714. The largest absolute Gasteiger partial charge is 0.423 e. The third kappa shape index (κ3) is 4.99. The first-order valence-corrected chi connectivity index (χ1v) is 9.07. The van der Waals surface area contributed by atoms with E-state index in [1.165, 1.54) is 23.6 Å². The molecule has 0 N–H and O–H groups in total. The van der Waals surface area contributed by atoms with Crippen molar-refractivity contribution < 1.29 is 13.9 Å². The molecule has 1 aliphatic rings. The predicted molar refractivity (Wildman–Crippen MR) is 93.6 cm³/mol. The molecule has 0 aliphatic carbocycles. The number of halogens is 1. The van der Waals surface area contributed by atoms with Gasteiger partial charge in [0, 0.05) is 24.5 Å². The van der Waals surface area contributed by atoms with Crippen LogP contribution in [0.25, 0.3) is 11.0 Å². The molecule has 3 rings (SSSR count). The number of fused-ring (bicyclic) bond motifs is 1. The third-order valence-electron chi connectivity index (χ3n) is 3.43. The van der Waals surface area contributed by atoms with Crippen LogP contribution in [0.2, 0.25) is 0 Å². The summed E-state index contributed by atoms with van der Waals surface area (Å²) in [5.41, 5.74) is -0.348. The van der Waals surface area contributed by atoms with Gasteiger partial charge in [-0.15, -0.1) is 0 Å². The second kappa shape index (κ2) is 9.71. The van der Waals surface area contributed by atoms with E-state index in [-0.39, 0.29) is 11.7 Å². The van der Waals surface area contributed by atoms with Crippen molar-refractivity contribution in [1.29, 1.82) is 0 Å². The number of hydrogen-bond donors (Lipinski definition) is 0. The van der Waals surface area contributed by atoms with E-state index in [0.29, 0.717) is 31.8 Å². The third-order valence-corrected chi connectivity index (χ3v) is 3.99. The van der Waals surface area contributed by atoms with Gasteiger partial charge in [0.25, 0.3) is 0 Å². The van der Waals surface area contributed by atoms with Crippen LogP contribution in [0.5, 0.6) is 0 Å². The molecule has 0 bridgehead atoms. The molecule has 1 saturated heterocycles. The van der Waals surface area contributed by atoms with Crippen molar-refractivity contribution in [2.24, 2.45) is 0 Å². The minimum Gasteiger partial charge on any atom is -0.372 e. The first-order chi connectivity index (χ1) is 11.7. The highest BCUT2D eigenvalue weighted by Crippen LogP contribution is 2.10. The zero-order chi connectivity index (χ0) is 17.4. The van der Waals surface area contributed by atoms with Crippen LogP contribution < -0.4 is 11.4 Å². The van der Waals surface area contributed by atoms with Crippen molar-refractivity contribution in [3.8, 4) is 0 Å². The van der Waals surface area contributed by atoms with Gasteiger partial charge in [0.1, 0.15) is 5.39 Å². The molecule has 2 aromatic heterocycles. The topological polar surface area (TPSA) is 83.6 Å². The van der Waals surface area contributed by atoms with Gasteiger partial charge in [-0.3, -0.25) is 4.57 Å². The van der Waals surface area contributed by atoms with Crippen LogP contribution in [0, 0.1) is 0 Å². The summed E-state index contributed by atoms with van der Waals surface area (Å²) in [5, 5.41) is 1.44.